The summed E-state index contributed by atoms with van der Waals surface area (Å²) < 4.78 is 2.05. The van der Waals surface area contributed by atoms with E-state index in [1.54, 1.807) is 18.2 Å². The molecule has 9 heteroatoms. The van der Waals surface area contributed by atoms with Gasteiger partial charge in [-0.15, -0.1) is 5.10 Å². The van der Waals surface area contributed by atoms with Gasteiger partial charge in [0.05, 0.1) is 0 Å². The molecule has 0 saturated carbocycles. The van der Waals surface area contributed by atoms with Crippen LogP contribution in [0.4, 0.5) is 0 Å². The van der Waals surface area contributed by atoms with Crippen LogP contribution in [0.15, 0.2) is 64.7 Å². The van der Waals surface area contributed by atoms with Gasteiger partial charge in [0.25, 0.3) is 0 Å². The summed E-state index contributed by atoms with van der Waals surface area (Å²) in [6, 6.07) is 16.6. The maximum Gasteiger partial charge on any atom is 0.342 e. The van der Waals surface area contributed by atoms with Gasteiger partial charge in [-0.1, -0.05) is 23.2 Å². The lowest BCUT2D eigenvalue weighted by Gasteiger charge is -2.09. The number of hydrogen-bond acceptors (Lipinski definition) is 4. The minimum atomic E-state index is -1.05. The first-order valence-electron chi connectivity index (χ1n) is 9.58. The van der Waals surface area contributed by atoms with Gasteiger partial charge in [0.15, 0.2) is 5.82 Å². The summed E-state index contributed by atoms with van der Waals surface area (Å²) in [4.78, 5) is 16.5. The zero-order valence-corrected chi connectivity index (χ0v) is 19.5. The number of nitrogens with one attached hydrogen (secondary N) is 1. The first-order chi connectivity index (χ1) is 15.3. The number of carboxylic acid groups (broad SMARTS) is 1. The fraction of sp³-hybridized carbons (Fsp3) is 0.0870. The van der Waals surface area contributed by atoms with E-state index in [0.717, 1.165) is 40.0 Å². The number of thioether (sulfide) groups is 1. The second kappa shape index (κ2) is 9.24. The third-order valence-electron chi connectivity index (χ3n) is 4.84. The molecule has 32 heavy (non-hydrogen) atoms. The molecule has 0 radical (unpaired) electrons. The predicted octanol–water partition coefficient (Wildman–Crippen LogP) is 6.40. The maximum atomic E-state index is 11.9. The fourth-order valence-corrected chi connectivity index (χ4v) is 4.27. The molecule has 2 N–H and O–H groups in total. The van der Waals surface area contributed by atoms with Crippen molar-refractivity contribution in [2.24, 2.45) is 0 Å². The Morgan fingerprint density at radius 3 is 2.31 bits per heavy atom. The number of rotatable bonds is 6. The smallest absolute Gasteiger partial charge is 0.342 e. The second-order valence-electron chi connectivity index (χ2n) is 7.03. The number of aromatic nitrogens is 4. The van der Waals surface area contributed by atoms with E-state index >= 15 is 0 Å². The number of nitrogens with zero attached hydrogens (tertiary/aromatic N) is 3. The van der Waals surface area contributed by atoms with Crippen molar-refractivity contribution >= 4 is 47.0 Å². The average Bonchev–Trinajstić information content (AvgIpc) is 3.33. The molecule has 2 heterocycles. The highest BCUT2D eigenvalue weighted by Gasteiger charge is 2.17. The summed E-state index contributed by atoms with van der Waals surface area (Å²) in [6.45, 7) is 3.92. The number of aliphatic carboxylic acids is 1. The Labute approximate surface area is 198 Å². The van der Waals surface area contributed by atoms with Crippen LogP contribution < -0.4 is 0 Å². The number of hydrogen-bond donors (Lipinski definition) is 2. The molecule has 162 valence electrons. The molecule has 2 aromatic heterocycles. The average molecular weight is 485 g/mol. The highest BCUT2D eigenvalue weighted by molar-refractivity contribution is 8.04. The van der Waals surface area contributed by atoms with Crippen LogP contribution in [-0.4, -0.2) is 30.8 Å². The molecular weight excluding hydrogens is 467 g/mol. The summed E-state index contributed by atoms with van der Waals surface area (Å²) in [5, 5.41) is 18.4. The molecule has 4 rings (SSSR count). The molecule has 4 aromatic rings. The zero-order valence-electron chi connectivity index (χ0n) is 17.1. The van der Waals surface area contributed by atoms with Crippen molar-refractivity contribution in [3.63, 3.8) is 0 Å². The van der Waals surface area contributed by atoms with Gasteiger partial charge in [-0.3, -0.25) is 5.10 Å². The van der Waals surface area contributed by atoms with Gasteiger partial charge >= 0.3 is 5.97 Å². The third-order valence-corrected chi connectivity index (χ3v) is 6.22. The van der Waals surface area contributed by atoms with Crippen LogP contribution in [-0.2, 0) is 4.79 Å². The van der Waals surface area contributed by atoms with Gasteiger partial charge < -0.3 is 9.67 Å². The number of halogens is 2. The molecule has 0 fully saturated rings. The van der Waals surface area contributed by atoms with Crippen LogP contribution in [0.1, 0.15) is 17.0 Å². The summed E-state index contributed by atoms with van der Waals surface area (Å²) in [6.07, 6.45) is 1.64. The number of H-pyrrole nitrogens is 1. The largest absolute Gasteiger partial charge is 0.477 e. The van der Waals surface area contributed by atoms with E-state index in [2.05, 4.69) is 19.7 Å². The highest BCUT2D eigenvalue weighted by atomic mass is 35.5. The molecule has 0 spiro atoms. The number of carboxylic acids is 1. The molecule has 0 aliphatic rings. The molecule has 0 unspecified atom stereocenters. The number of aryl methyl sites for hydroxylation is 1. The van der Waals surface area contributed by atoms with E-state index in [1.165, 1.54) is 0 Å². The highest BCUT2D eigenvalue weighted by Crippen LogP contribution is 2.30. The van der Waals surface area contributed by atoms with Crippen molar-refractivity contribution in [3.8, 4) is 17.1 Å². The SMILES string of the molecule is Cc1cc(/C=C(\Sc2n[nH]c(-c3ccc(Cl)cc3)n2)C(=O)O)c(C)n1-c1ccc(Cl)cc1. The first kappa shape index (κ1) is 22.2. The van der Waals surface area contributed by atoms with E-state index < -0.39 is 5.97 Å². The Bertz CT molecular complexity index is 1310. The first-order valence-corrected chi connectivity index (χ1v) is 11.1. The molecule has 0 amide bonds. The van der Waals surface area contributed by atoms with Crippen molar-refractivity contribution in [2.45, 2.75) is 19.0 Å². The Morgan fingerprint density at radius 1 is 1.06 bits per heavy atom. The topological polar surface area (TPSA) is 83.8 Å². The Morgan fingerprint density at radius 2 is 1.69 bits per heavy atom. The summed E-state index contributed by atoms with van der Waals surface area (Å²) in [7, 11) is 0. The van der Waals surface area contributed by atoms with Crippen LogP contribution in [0.3, 0.4) is 0 Å². The van der Waals surface area contributed by atoms with Crippen LogP contribution in [0.5, 0.6) is 0 Å². The van der Waals surface area contributed by atoms with Crippen molar-refractivity contribution in [3.05, 3.63) is 86.5 Å². The van der Waals surface area contributed by atoms with Crippen molar-refractivity contribution in [2.75, 3.05) is 0 Å². The molecule has 0 saturated heterocycles. The minimum Gasteiger partial charge on any atom is -0.477 e. The molecule has 2 aromatic carbocycles. The lowest BCUT2D eigenvalue weighted by atomic mass is 10.2. The van der Waals surface area contributed by atoms with Gasteiger partial charge in [-0.2, -0.15) is 0 Å². The van der Waals surface area contributed by atoms with Crippen molar-refractivity contribution in [1.82, 2.24) is 19.7 Å². The number of aromatic amines is 1. The van der Waals surface area contributed by atoms with Crippen LogP contribution in [0.25, 0.3) is 23.2 Å². The van der Waals surface area contributed by atoms with E-state index in [4.69, 9.17) is 23.2 Å². The maximum absolute atomic E-state index is 11.9. The number of carbonyl (C=O) groups is 1. The van der Waals surface area contributed by atoms with Crippen molar-refractivity contribution in [1.29, 1.82) is 0 Å². The normalized spacial score (nSPS) is 11.7. The molecule has 0 atom stereocenters. The van der Waals surface area contributed by atoms with Gasteiger partial charge in [0.2, 0.25) is 5.16 Å². The van der Waals surface area contributed by atoms with Crippen LogP contribution in [0.2, 0.25) is 10.0 Å². The van der Waals surface area contributed by atoms with Gasteiger partial charge in [0.1, 0.15) is 4.91 Å². The lowest BCUT2D eigenvalue weighted by Crippen LogP contribution is -2.00. The Kier molecular flexibility index (Phi) is 6.41. The van der Waals surface area contributed by atoms with Gasteiger partial charge in [-0.25, -0.2) is 9.78 Å². The Hall–Kier alpha value is -3.00. The summed E-state index contributed by atoms with van der Waals surface area (Å²) in [5.41, 5.74) is 4.46. The van der Waals surface area contributed by atoms with Gasteiger partial charge in [-0.05, 0) is 91.8 Å². The second-order valence-corrected chi connectivity index (χ2v) is 8.91. The molecule has 0 aliphatic carbocycles. The minimum absolute atomic E-state index is 0.114. The standard InChI is InChI=1S/C23H18Cl2N4O2S/c1-13-11-16(14(2)29(13)19-9-7-18(25)8-10-19)12-20(22(30)31)32-23-26-21(27-28-23)15-3-5-17(24)6-4-15/h3-12H,1-2H3,(H,30,31)(H,26,27,28)/b20-12-. The van der Waals surface area contributed by atoms with E-state index in [9.17, 15) is 9.90 Å². The zero-order chi connectivity index (χ0) is 22.8. The van der Waals surface area contributed by atoms with Crippen LogP contribution >= 0.6 is 35.0 Å². The van der Waals surface area contributed by atoms with E-state index in [1.807, 2.05) is 56.3 Å². The monoisotopic (exact) mass is 484 g/mol. The van der Waals surface area contributed by atoms with Crippen LogP contribution in [0, 0.1) is 13.8 Å². The van der Waals surface area contributed by atoms with Gasteiger partial charge in [0, 0.05) is 32.7 Å². The third kappa shape index (κ3) is 4.75. The molecule has 6 nitrogen and oxygen atoms in total. The Balaban J connectivity index is 1.63. The summed E-state index contributed by atoms with van der Waals surface area (Å²) >= 11 is 12.9. The predicted molar refractivity (Wildman–Crippen MR) is 129 cm³/mol. The molecular formula is C23H18Cl2N4O2S. The fourth-order valence-electron chi connectivity index (χ4n) is 3.32. The quantitative estimate of drug-likeness (QED) is 0.244. The lowest BCUT2D eigenvalue weighted by molar-refractivity contribution is -0.131. The molecule has 0 bridgehead atoms. The van der Waals surface area contributed by atoms with Crippen molar-refractivity contribution < 1.29 is 9.90 Å². The number of benzene rings is 2. The molecule has 0 aliphatic heterocycles. The van der Waals surface area contributed by atoms with E-state index in [-0.39, 0.29) is 4.91 Å². The van der Waals surface area contributed by atoms with E-state index in [0.29, 0.717) is 21.0 Å². The summed E-state index contributed by atoms with van der Waals surface area (Å²) in [5.74, 6) is -0.515.